The molecule has 6 heteroatoms. The molecule has 0 aliphatic carbocycles. The molecule has 0 aliphatic rings. The molecule has 0 unspecified atom stereocenters. The van der Waals surface area contributed by atoms with Crippen LogP contribution in [0, 0.1) is 0 Å². The van der Waals surface area contributed by atoms with E-state index >= 15 is 0 Å². The molecular weight excluding hydrogens is 236 g/mol. The van der Waals surface area contributed by atoms with E-state index in [1.807, 2.05) is 0 Å². The number of hydrogen-bond donors (Lipinski definition) is 1. The summed E-state index contributed by atoms with van der Waals surface area (Å²) in [4.78, 5) is 34.9. The molecule has 0 bridgehead atoms. The highest BCUT2D eigenvalue weighted by Crippen LogP contribution is 2.07. The Hall–Kier alpha value is -2.37. The van der Waals surface area contributed by atoms with Gasteiger partial charge in [-0.2, -0.15) is 0 Å². The predicted octanol–water partition coefficient (Wildman–Crippen LogP) is 0.268. The van der Waals surface area contributed by atoms with Crippen LogP contribution in [0.1, 0.15) is 6.92 Å². The Kier molecular flexibility index (Phi) is 3.01. The summed E-state index contributed by atoms with van der Waals surface area (Å²) in [6, 6.07) is 6.50. The summed E-state index contributed by atoms with van der Waals surface area (Å²) in [7, 11) is 0. The van der Waals surface area contributed by atoms with Crippen molar-refractivity contribution in [2.75, 3.05) is 0 Å². The Labute approximate surface area is 102 Å². The van der Waals surface area contributed by atoms with Crippen molar-refractivity contribution < 1.29 is 9.90 Å². The second-order valence-electron chi connectivity index (χ2n) is 3.83. The van der Waals surface area contributed by atoms with Gasteiger partial charge in [0.1, 0.15) is 6.54 Å². The quantitative estimate of drug-likeness (QED) is 0.845. The number of aromatic nitrogens is 2. The highest BCUT2D eigenvalue weighted by atomic mass is 16.4. The van der Waals surface area contributed by atoms with E-state index in [-0.39, 0.29) is 12.1 Å². The molecule has 1 N–H and O–H groups in total. The van der Waals surface area contributed by atoms with E-state index in [4.69, 9.17) is 5.11 Å². The highest BCUT2D eigenvalue weighted by molar-refractivity contribution is 5.79. The zero-order valence-corrected chi connectivity index (χ0v) is 9.79. The van der Waals surface area contributed by atoms with Crippen LogP contribution >= 0.6 is 0 Å². The van der Waals surface area contributed by atoms with Crippen LogP contribution in [-0.4, -0.2) is 20.2 Å². The van der Waals surface area contributed by atoms with Crippen molar-refractivity contribution in [1.29, 1.82) is 0 Å². The standard InChI is InChI=1S/C12H12N2O4/c1-2-13-11(17)8-5-3-4-6-9(8)14(12(13)18)7-10(15)16/h3-6H,2,7H2,1H3,(H,15,16). The molecule has 0 amide bonds. The van der Waals surface area contributed by atoms with Gasteiger partial charge in [-0.1, -0.05) is 12.1 Å². The average Bonchev–Trinajstić information content (AvgIpc) is 2.35. The van der Waals surface area contributed by atoms with E-state index in [0.717, 1.165) is 9.13 Å². The molecule has 1 aromatic carbocycles. The van der Waals surface area contributed by atoms with Crippen LogP contribution in [0.25, 0.3) is 10.9 Å². The smallest absolute Gasteiger partial charge is 0.332 e. The van der Waals surface area contributed by atoms with Crippen LogP contribution in [0.15, 0.2) is 33.9 Å². The number of carbonyl (C=O) groups is 1. The fourth-order valence-corrected chi connectivity index (χ4v) is 1.94. The Bertz CT molecular complexity index is 727. The first-order valence-electron chi connectivity index (χ1n) is 5.50. The molecule has 1 aromatic heterocycles. The van der Waals surface area contributed by atoms with Crippen molar-refractivity contribution in [2.24, 2.45) is 0 Å². The molecule has 18 heavy (non-hydrogen) atoms. The van der Waals surface area contributed by atoms with Crippen molar-refractivity contribution in [2.45, 2.75) is 20.0 Å². The van der Waals surface area contributed by atoms with E-state index < -0.39 is 18.2 Å². The van der Waals surface area contributed by atoms with Gasteiger partial charge in [-0.15, -0.1) is 0 Å². The molecule has 0 spiro atoms. The average molecular weight is 248 g/mol. The first kappa shape index (κ1) is 12.1. The number of carboxylic acid groups (broad SMARTS) is 1. The lowest BCUT2D eigenvalue weighted by molar-refractivity contribution is -0.137. The first-order chi connectivity index (χ1) is 8.56. The Morgan fingerprint density at radius 1 is 1.22 bits per heavy atom. The Morgan fingerprint density at radius 2 is 1.89 bits per heavy atom. The molecule has 2 rings (SSSR count). The molecule has 1 heterocycles. The van der Waals surface area contributed by atoms with Crippen LogP contribution in [0.3, 0.4) is 0 Å². The summed E-state index contributed by atoms with van der Waals surface area (Å²) in [5, 5.41) is 9.18. The van der Waals surface area contributed by atoms with Gasteiger partial charge in [0.15, 0.2) is 0 Å². The summed E-state index contributed by atoms with van der Waals surface area (Å²) in [5.74, 6) is -1.12. The maximum atomic E-state index is 12.0. The topological polar surface area (TPSA) is 81.3 Å². The van der Waals surface area contributed by atoms with Crippen molar-refractivity contribution in [3.8, 4) is 0 Å². The summed E-state index contributed by atoms with van der Waals surface area (Å²) >= 11 is 0. The van der Waals surface area contributed by atoms with Gasteiger partial charge in [0.05, 0.1) is 10.9 Å². The zero-order valence-electron chi connectivity index (χ0n) is 9.79. The van der Waals surface area contributed by atoms with Gasteiger partial charge < -0.3 is 5.11 Å². The van der Waals surface area contributed by atoms with Crippen LogP contribution < -0.4 is 11.2 Å². The normalized spacial score (nSPS) is 10.7. The number of aliphatic carboxylic acids is 1. The second-order valence-corrected chi connectivity index (χ2v) is 3.83. The summed E-state index contributed by atoms with van der Waals surface area (Å²) in [5.41, 5.74) is -0.636. The Morgan fingerprint density at radius 3 is 2.50 bits per heavy atom. The number of nitrogens with zero attached hydrogens (tertiary/aromatic N) is 2. The van der Waals surface area contributed by atoms with E-state index in [1.165, 1.54) is 0 Å². The van der Waals surface area contributed by atoms with Gasteiger partial charge in [0.2, 0.25) is 0 Å². The number of hydrogen-bond acceptors (Lipinski definition) is 3. The molecule has 2 aromatic rings. The molecule has 0 saturated carbocycles. The third-order valence-corrected chi connectivity index (χ3v) is 2.74. The molecule has 6 nitrogen and oxygen atoms in total. The summed E-state index contributed by atoms with van der Waals surface area (Å²) in [6.45, 7) is 1.42. The maximum absolute atomic E-state index is 12.0. The molecule has 0 aliphatic heterocycles. The lowest BCUT2D eigenvalue weighted by Gasteiger charge is -2.10. The lowest BCUT2D eigenvalue weighted by Crippen LogP contribution is -2.40. The van der Waals surface area contributed by atoms with Crippen molar-refractivity contribution in [1.82, 2.24) is 9.13 Å². The van der Waals surface area contributed by atoms with Crippen molar-refractivity contribution >= 4 is 16.9 Å². The maximum Gasteiger partial charge on any atom is 0.332 e. The monoisotopic (exact) mass is 248 g/mol. The van der Waals surface area contributed by atoms with E-state index in [9.17, 15) is 14.4 Å². The van der Waals surface area contributed by atoms with Crippen molar-refractivity contribution in [3.63, 3.8) is 0 Å². The number of fused-ring (bicyclic) bond motifs is 1. The third-order valence-electron chi connectivity index (χ3n) is 2.74. The third kappa shape index (κ3) is 1.81. The molecule has 0 radical (unpaired) electrons. The fourth-order valence-electron chi connectivity index (χ4n) is 1.94. The molecule has 0 atom stereocenters. The molecule has 94 valence electrons. The summed E-state index contributed by atoms with van der Waals surface area (Å²) < 4.78 is 2.13. The largest absolute Gasteiger partial charge is 0.480 e. The first-order valence-corrected chi connectivity index (χ1v) is 5.50. The molecular formula is C12H12N2O4. The highest BCUT2D eigenvalue weighted by Gasteiger charge is 2.13. The minimum Gasteiger partial charge on any atom is -0.480 e. The predicted molar refractivity (Wildman–Crippen MR) is 65.8 cm³/mol. The number of carboxylic acids is 1. The van der Waals surface area contributed by atoms with E-state index in [1.54, 1.807) is 31.2 Å². The van der Waals surface area contributed by atoms with Gasteiger partial charge in [-0.05, 0) is 19.1 Å². The van der Waals surface area contributed by atoms with Crippen LogP contribution in [0.5, 0.6) is 0 Å². The number of para-hydroxylation sites is 1. The van der Waals surface area contributed by atoms with Gasteiger partial charge in [-0.3, -0.25) is 18.7 Å². The number of rotatable bonds is 3. The van der Waals surface area contributed by atoms with Gasteiger partial charge in [0, 0.05) is 6.54 Å². The Balaban J connectivity index is 2.95. The zero-order chi connectivity index (χ0) is 13.3. The fraction of sp³-hybridized carbons (Fsp3) is 0.250. The van der Waals surface area contributed by atoms with E-state index in [0.29, 0.717) is 10.9 Å². The summed E-state index contributed by atoms with van der Waals surface area (Å²) in [6.07, 6.45) is 0. The van der Waals surface area contributed by atoms with Gasteiger partial charge >= 0.3 is 11.7 Å². The van der Waals surface area contributed by atoms with E-state index in [2.05, 4.69) is 0 Å². The van der Waals surface area contributed by atoms with Crippen LogP contribution in [0.2, 0.25) is 0 Å². The SMILES string of the molecule is CCn1c(=O)c2ccccc2n(CC(=O)O)c1=O. The van der Waals surface area contributed by atoms with Crippen LogP contribution in [-0.2, 0) is 17.9 Å². The molecule has 0 saturated heterocycles. The van der Waals surface area contributed by atoms with Gasteiger partial charge in [0.25, 0.3) is 5.56 Å². The van der Waals surface area contributed by atoms with Crippen molar-refractivity contribution in [3.05, 3.63) is 45.1 Å². The minimum absolute atomic E-state index is 0.210. The van der Waals surface area contributed by atoms with Gasteiger partial charge in [-0.25, -0.2) is 4.79 Å². The number of benzene rings is 1. The van der Waals surface area contributed by atoms with Crippen LogP contribution in [0.4, 0.5) is 0 Å². The lowest BCUT2D eigenvalue weighted by atomic mass is 10.2. The minimum atomic E-state index is -1.12. The second kappa shape index (κ2) is 4.48. The molecule has 0 fully saturated rings.